The van der Waals surface area contributed by atoms with Crippen LogP contribution in [0.2, 0.25) is 0 Å². The summed E-state index contributed by atoms with van der Waals surface area (Å²) in [6, 6.07) is 0.778. The molecule has 2 amide bonds. The predicted molar refractivity (Wildman–Crippen MR) is 128 cm³/mol. The first-order valence-electron chi connectivity index (χ1n) is 11.5. The number of hydrazone groups is 1. The highest BCUT2D eigenvalue weighted by Gasteiger charge is 2.40. The van der Waals surface area contributed by atoms with Gasteiger partial charge < -0.3 is 9.64 Å². The van der Waals surface area contributed by atoms with Crippen LogP contribution in [0.25, 0.3) is 5.82 Å². The third-order valence-corrected chi connectivity index (χ3v) is 7.51. The number of ether oxygens (including phenoxy) is 1. The first-order chi connectivity index (χ1) is 18.3. The minimum atomic E-state index is -4.06. The van der Waals surface area contributed by atoms with Gasteiger partial charge >= 0.3 is 6.03 Å². The second kappa shape index (κ2) is 9.60. The highest BCUT2D eigenvalue weighted by molar-refractivity contribution is 7.89. The molecule has 0 saturated carbocycles. The van der Waals surface area contributed by atoms with E-state index in [9.17, 15) is 30.8 Å². The minimum absolute atomic E-state index is 0.0180. The Bertz CT molecular complexity index is 1620. The third-order valence-electron chi connectivity index (χ3n) is 6.35. The zero-order valence-corrected chi connectivity index (χ0v) is 21.3. The van der Waals surface area contributed by atoms with Crippen LogP contribution >= 0.6 is 0 Å². The fourth-order valence-corrected chi connectivity index (χ4v) is 5.50. The summed E-state index contributed by atoms with van der Waals surface area (Å²) in [5.41, 5.74) is -0.0240. The molecule has 1 fully saturated rings. The summed E-state index contributed by atoms with van der Waals surface area (Å²) in [5.74, 6) is -4.56. The number of pyridine rings is 1. The first kappa shape index (κ1) is 26.6. The number of carbonyl (C=O) groups excluding carboxylic acids is 1. The molecule has 0 radical (unpaired) electrons. The van der Waals surface area contributed by atoms with Gasteiger partial charge in [0.05, 0.1) is 36.7 Å². The van der Waals surface area contributed by atoms with Gasteiger partial charge in [-0.3, -0.25) is 0 Å². The summed E-state index contributed by atoms with van der Waals surface area (Å²) in [4.78, 5) is 18.0. The molecule has 1 aromatic carbocycles. The average molecular weight is 568 g/mol. The number of sulfonamides is 1. The molecule has 206 valence electrons. The Morgan fingerprint density at radius 3 is 2.49 bits per heavy atom. The lowest BCUT2D eigenvalue weighted by Gasteiger charge is -2.41. The van der Waals surface area contributed by atoms with Crippen LogP contribution in [-0.4, -0.2) is 64.5 Å². The van der Waals surface area contributed by atoms with Crippen molar-refractivity contribution in [1.82, 2.24) is 24.7 Å². The van der Waals surface area contributed by atoms with Crippen molar-refractivity contribution in [2.24, 2.45) is 10.2 Å². The van der Waals surface area contributed by atoms with E-state index < -0.39 is 51.5 Å². The van der Waals surface area contributed by atoms with Crippen molar-refractivity contribution < 1.29 is 35.5 Å². The molecule has 3 aromatic rings. The third kappa shape index (κ3) is 4.80. The predicted octanol–water partition coefficient (Wildman–Crippen LogP) is 2.70. The molecule has 0 unspecified atom stereocenters. The maximum Gasteiger partial charge on any atom is 0.341 e. The van der Waals surface area contributed by atoms with Crippen LogP contribution in [-0.2, 0) is 10.0 Å². The molecule has 11 nitrogen and oxygen atoms in total. The molecule has 5 rings (SSSR count). The van der Waals surface area contributed by atoms with Crippen molar-refractivity contribution in [1.29, 1.82) is 0 Å². The van der Waals surface area contributed by atoms with E-state index in [0.717, 1.165) is 17.3 Å². The van der Waals surface area contributed by atoms with Crippen molar-refractivity contribution in [3.63, 3.8) is 0 Å². The SMILES string of the molecule is Cc1nn(-c2cc(OC3CN(C(=O)N4N=CC[C@@H]4c4cc(F)cc(F)c4F)C3)c(F)cn2)c(C)c1S(N)(=O)=O. The second-order valence-corrected chi connectivity index (χ2v) is 10.5. The van der Waals surface area contributed by atoms with Gasteiger partial charge in [0.15, 0.2) is 29.0 Å². The number of rotatable bonds is 5. The Morgan fingerprint density at radius 2 is 1.82 bits per heavy atom. The zero-order valence-electron chi connectivity index (χ0n) is 20.5. The molecule has 4 heterocycles. The number of urea groups is 1. The molecule has 2 aliphatic rings. The van der Waals surface area contributed by atoms with Gasteiger partial charge in [-0.25, -0.2) is 50.6 Å². The molecular weight excluding hydrogens is 546 g/mol. The van der Waals surface area contributed by atoms with Crippen LogP contribution in [0.4, 0.5) is 22.4 Å². The van der Waals surface area contributed by atoms with Crippen molar-refractivity contribution >= 4 is 22.3 Å². The van der Waals surface area contributed by atoms with Gasteiger partial charge in [-0.15, -0.1) is 0 Å². The molecule has 2 aliphatic heterocycles. The second-order valence-electron chi connectivity index (χ2n) is 9.04. The fraction of sp³-hybridized carbons (Fsp3) is 0.304. The summed E-state index contributed by atoms with van der Waals surface area (Å²) >= 11 is 0. The zero-order chi connectivity index (χ0) is 28.2. The number of carbonyl (C=O) groups is 1. The number of nitrogens with two attached hydrogens (primary N) is 1. The molecule has 0 spiro atoms. The number of primary sulfonamides is 1. The van der Waals surface area contributed by atoms with Crippen LogP contribution in [0.1, 0.15) is 29.4 Å². The highest BCUT2D eigenvalue weighted by Crippen LogP contribution is 2.34. The van der Waals surface area contributed by atoms with Crippen LogP contribution < -0.4 is 9.88 Å². The number of amides is 2. The Balaban J connectivity index is 1.28. The highest BCUT2D eigenvalue weighted by atomic mass is 32.2. The van der Waals surface area contributed by atoms with Gasteiger partial charge in [0, 0.05) is 30.3 Å². The minimum Gasteiger partial charge on any atom is -0.483 e. The van der Waals surface area contributed by atoms with Crippen LogP contribution in [0, 0.1) is 37.1 Å². The number of aryl methyl sites for hydroxylation is 1. The summed E-state index contributed by atoms with van der Waals surface area (Å²) in [6.07, 6.45) is 1.65. The van der Waals surface area contributed by atoms with E-state index in [-0.39, 0.29) is 52.9 Å². The van der Waals surface area contributed by atoms with Gasteiger partial charge in [0.1, 0.15) is 16.8 Å². The number of hydrogen-bond donors (Lipinski definition) is 1. The van der Waals surface area contributed by atoms with E-state index in [0.29, 0.717) is 6.07 Å². The van der Waals surface area contributed by atoms with E-state index in [4.69, 9.17) is 9.88 Å². The number of benzene rings is 1. The monoisotopic (exact) mass is 567 g/mol. The van der Waals surface area contributed by atoms with Gasteiger partial charge in [-0.05, 0) is 19.9 Å². The molecule has 0 bridgehead atoms. The lowest BCUT2D eigenvalue weighted by molar-refractivity contribution is 0.0254. The number of halogens is 4. The molecule has 2 aromatic heterocycles. The number of nitrogens with zero attached hydrogens (tertiary/aromatic N) is 6. The Hall–Kier alpha value is -4.05. The molecule has 0 aliphatic carbocycles. The van der Waals surface area contributed by atoms with Gasteiger partial charge in [-0.2, -0.15) is 10.2 Å². The number of aromatic nitrogens is 3. The van der Waals surface area contributed by atoms with Gasteiger partial charge in [0.2, 0.25) is 10.0 Å². The van der Waals surface area contributed by atoms with Crippen molar-refractivity contribution in [3.05, 3.63) is 64.6 Å². The van der Waals surface area contributed by atoms with E-state index >= 15 is 0 Å². The smallest absolute Gasteiger partial charge is 0.341 e. The van der Waals surface area contributed by atoms with Crippen LogP contribution in [0.15, 0.2) is 34.4 Å². The topological polar surface area (TPSA) is 136 Å². The normalized spacial score (nSPS) is 17.6. The van der Waals surface area contributed by atoms with Gasteiger partial charge in [0.25, 0.3) is 0 Å². The van der Waals surface area contributed by atoms with Crippen LogP contribution in [0.5, 0.6) is 5.75 Å². The van der Waals surface area contributed by atoms with Crippen LogP contribution in [0.3, 0.4) is 0 Å². The van der Waals surface area contributed by atoms with E-state index in [1.54, 1.807) is 0 Å². The Labute approximate surface area is 219 Å². The van der Waals surface area contributed by atoms with Crippen molar-refractivity contribution in [3.8, 4) is 11.6 Å². The maximum atomic E-state index is 14.5. The quantitative estimate of drug-likeness (QED) is 0.372. The molecular formula is C23H21F4N7O4S. The Kier molecular flexibility index (Phi) is 6.54. The number of likely N-dealkylation sites (tertiary alicyclic amines) is 1. The molecule has 2 N–H and O–H groups in total. The lowest BCUT2D eigenvalue weighted by Crippen LogP contribution is -2.59. The van der Waals surface area contributed by atoms with Crippen molar-refractivity contribution in [2.75, 3.05) is 13.1 Å². The lowest BCUT2D eigenvalue weighted by atomic mass is 10.0. The summed E-state index contributed by atoms with van der Waals surface area (Å²) in [7, 11) is -4.06. The van der Waals surface area contributed by atoms with E-state index in [1.165, 1.54) is 35.7 Å². The number of hydrogen-bond acceptors (Lipinski definition) is 7. The molecule has 1 saturated heterocycles. The molecule has 16 heteroatoms. The van der Waals surface area contributed by atoms with Gasteiger partial charge in [-0.1, -0.05) is 0 Å². The van der Waals surface area contributed by atoms with E-state index in [1.807, 2.05) is 0 Å². The van der Waals surface area contributed by atoms with Crippen molar-refractivity contribution in [2.45, 2.75) is 37.3 Å². The fourth-order valence-electron chi connectivity index (χ4n) is 4.55. The van der Waals surface area contributed by atoms with E-state index in [2.05, 4.69) is 15.2 Å². The maximum absolute atomic E-state index is 14.5. The summed E-state index contributed by atoms with van der Waals surface area (Å²) < 4.78 is 86.9. The molecule has 39 heavy (non-hydrogen) atoms. The average Bonchev–Trinajstić information content (AvgIpc) is 3.43. The summed E-state index contributed by atoms with van der Waals surface area (Å²) in [6.45, 7) is 2.96. The first-order valence-corrected chi connectivity index (χ1v) is 13.1. The largest absolute Gasteiger partial charge is 0.483 e. The summed E-state index contributed by atoms with van der Waals surface area (Å²) in [5, 5.41) is 14.3. The molecule has 1 atom stereocenters. The standard InChI is InChI=1S/C23H21F4N7O4S/c1-11-22(39(28,36)37)12(2)33(31-11)20-7-19(17(26)8-29-20)38-14-9-32(10-14)23(35)34-18(3-4-30-34)15-5-13(24)6-16(25)21(15)27/h4-8,14,18H,3,9-10H2,1-2H3,(H2,28,36,37)/t18-/m1/s1. The Morgan fingerprint density at radius 1 is 1.10 bits per heavy atom.